The van der Waals surface area contributed by atoms with Crippen LogP contribution < -0.4 is 5.32 Å². The lowest BCUT2D eigenvalue weighted by atomic mass is 9.99. The van der Waals surface area contributed by atoms with Gasteiger partial charge in [-0.1, -0.05) is 27.5 Å². The van der Waals surface area contributed by atoms with Crippen LogP contribution in [0.5, 0.6) is 0 Å². The Balaban J connectivity index is 2.06. The smallest absolute Gasteiger partial charge is 0.228 e. The Morgan fingerprint density at radius 3 is 2.71 bits per heavy atom. The zero-order valence-corrected chi connectivity index (χ0v) is 13.5. The van der Waals surface area contributed by atoms with Gasteiger partial charge in [0.1, 0.15) is 0 Å². The molecule has 3 rings (SSSR count). The molecule has 21 heavy (non-hydrogen) atoms. The average Bonchev–Trinajstić information content (AvgIpc) is 2.75. The molecule has 0 aromatic heterocycles. The predicted octanol–water partition coefficient (Wildman–Crippen LogP) is 4.14. The molecule has 1 aliphatic rings. The molecule has 2 aromatic carbocycles. The second-order valence-electron chi connectivity index (χ2n) is 5.06. The largest absolute Gasteiger partial charge is 0.325 e. The van der Waals surface area contributed by atoms with Gasteiger partial charge in [0.05, 0.1) is 11.4 Å². The molecule has 0 fully saturated rings. The molecule has 106 valence electrons. The summed E-state index contributed by atoms with van der Waals surface area (Å²) >= 11 is 9.59. The molecule has 5 heteroatoms. The minimum absolute atomic E-state index is 0.0797. The van der Waals surface area contributed by atoms with E-state index in [4.69, 9.17) is 11.6 Å². The quantitative estimate of drug-likeness (QED) is 0.814. The van der Waals surface area contributed by atoms with Crippen LogP contribution in [-0.4, -0.2) is 11.7 Å². The Morgan fingerprint density at radius 1 is 1.24 bits per heavy atom. The molecule has 1 aliphatic heterocycles. The topological polar surface area (TPSA) is 46.2 Å². The number of carbonyl (C=O) groups is 2. The van der Waals surface area contributed by atoms with Crippen LogP contribution in [0.4, 0.5) is 5.69 Å². The molecule has 1 N–H and O–H groups in total. The van der Waals surface area contributed by atoms with Crippen molar-refractivity contribution in [3.63, 3.8) is 0 Å². The second-order valence-corrected chi connectivity index (χ2v) is 6.38. The second kappa shape index (κ2) is 5.28. The summed E-state index contributed by atoms with van der Waals surface area (Å²) in [7, 11) is 0. The van der Waals surface area contributed by atoms with E-state index < -0.39 is 0 Å². The number of aryl methyl sites for hydroxylation is 1. The monoisotopic (exact) mass is 363 g/mol. The lowest BCUT2D eigenvalue weighted by molar-refractivity contribution is -0.115. The molecule has 0 aliphatic carbocycles. The van der Waals surface area contributed by atoms with Crippen LogP contribution in [0.3, 0.4) is 0 Å². The van der Waals surface area contributed by atoms with Gasteiger partial charge in [0.15, 0.2) is 5.78 Å². The maximum Gasteiger partial charge on any atom is 0.228 e. The highest BCUT2D eigenvalue weighted by Crippen LogP contribution is 2.31. The van der Waals surface area contributed by atoms with E-state index in [1.54, 1.807) is 18.2 Å². The Bertz CT molecular complexity index is 766. The summed E-state index contributed by atoms with van der Waals surface area (Å²) in [5.74, 6) is -0.226. The molecule has 0 saturated heterocycles. The molecule has 0 saturated carbocycles. The standard InChI is InChI=1S/C16H11BrClNO2/c1-8-2-10(4-11(17)3-8)16(21)12-5-9-6-15(20)19-14(9)7-13(12)18/h2-5,7H,6H2,1H3,(H,19,20). The van der Waals surface area contributed by atoms with Gasteiger partial charge < -0.3 is 5.32 Å². The van der Waals surface area contributed by atoms with E-state index in [0.717, 1.165) is 15.6 Å². The van der Waals surface area contributed by atoms with Crippen LogP contribution in [0.1, 0.15) is 27.0 Å². The van der Waals surface area contributed by atoms with Crippen molar-refractivity contribution in [2.45, 2.75) is 13.3 Å². The van der Waals surface area contributed by atoms with Crippen LogP contribution in [0.25, 0.3) is 0 Å². The third kappa shape index (κ3) is 2.74. The molecule has 3 nitrogen and oxygen atoms in total. The Morgan fingerprint density at radius 2 is 2.00 bits per heavy atom. The zero-order valence-electron chi connectivity index (χ0n) is 11.2. The summed E-state index contributed by atoms with van der Waals surface area (Å²) < 4.78 is 0.847. The van der Waals surface area contributed by atoms with Gasteiger partial charge in [0.25, 0.3) is 0 Å². The molecule has 1 amide bonds. The Labute approximate surface area is 135 Å². The van der Waals surface area contributed by atoms with Crippen LogP contribution in [-0.2, 0) is 11.2 Å². The zero-order chi connectivity index (χ0) is 15.1. The van der Waals surface area contributed by atoms with E-state index >= 15 is 0 Å². The summed E-state index contributed by atoms with van der Waals surface area (Å²) in [5, 5.41) is 3.07. The Kier molecular flexibility index (Phi) is 3.59. The van der Waals surface area contributed by atoms with Crippen molar-refractivity contribution >= 4 is 44.9 Å². The molecule has 0 unspecified atom stereocenters. The maximum atomic E-state index is 12.6. The van der Waals surface area contributed by atoms with Gasteiger partial charge in [-0.15, -0.1) is 0 Å². The highest BCUT2D eigenvalue weighted by molar-refractivity contribution is 9.10. The molecule has 2 aromatic rings. The van der Waals surface area contributed by atoms with Crippen molar-refractivity contribution in [3.05, 3.63) is 62.1 Å². The third-order valence-electron chi connectivity index (χ3n) is 3.37. The van der Waals surface area contributed by atoms with Crippen molar-refractivity contribution in [2.24, 2.45) is 0 Å². The van der Waals surface area contributed by atoms with E-state index in [0.29, 0.717) is 21.8 Å². The van der Waals surface area contributed by atoms with E-state index in [1.165, 1.54) is 0 Å². The molecule has 0 radical (unpaired) electrons. The molecule has 1 heterocycles. The normalized spacial score (nSPS) is 13.0. The fourth-order valence-corrected chi connectivity index (χ4v) is 3.30. The molecule has 0 bridgehead atoms. The van der Waals surface area contributed by atoms with Crippen molar-refractivity contribution in [3.8, 4) is 0 Å². The number of hydrogen-bond donors (Lipinski definition) is 1. The number of carbonyl (C=O) groups excluding carboxylic acids is 2. The highest BCUT2D eigenvalue weighted by Gasteiger charge is 2.22. The average molecular weight is 365 g/mol. The minimum atomic E-state index is -0.147. The van der Waals surface area contributed by atoms with Gasteiger partial charge in [-0.3, -0.25) is 9.59 Å². The number of anilines is 1. The number of nitrogens with one attached hydrogen (secondary N) is 1. The first-order chi connectivity index (χ1) is 9.94. The maximum absolute atomic E-state index is 12.6. The molecule has 0 atom stereocenters. The molecule has 0 spiro atoms. The van der Waals surface area contributed by atoms with Gasteiger partial charge in [0.2, 0.25) is 5.91 Å². The van der Waals surface area contributed by atoms with Gasteiger partial charge in [0, 0.05) is 21.3 Å². The minimum Gasteiger partial charge on any atom is -0.325 e. The third-order valence-corrected chi connectivity index (χ3v) is 4.14. The first-order valence-corrected chi connectivity index (χ1v) is 7.55. The van der Waals surface area contributed by atoms with Gasteiger partial charge in [-0.05, 0) is 48.4 Å². The number of rotatable bonds is 2. The van der Waals surface area contributed by atoms with E-state index in [-0.39, 0.29) is 18.1 Å². The summed E-state index contributed by atoms with van der Waals surface area (Å²) in [4.78, 5) is 24.0. The van der Waals surface area contributed by atoms with Crippen LogP contribution in [0.2, 0.25) is 5.02 Å². The fraction of sp³-hybridized carbons (Fsp3) is 0.125. The van der Waals surface area contributed by atoms with Crippen molar-refractivity contribution in [1.29, 1.82) is 0 Å². The van der Waals surface area contributed by atoms with Gasteiger partial charge >= 0.3 is 0 Å². The Hall–Kier alpha value is -1.65. The summed E-state index contributed by atoms with van der Waals surface area (Å²) in [6.45, 7) is 1.93. The van der Waals surface area contributed by atoms with E-state index in [2.05, 4.69) is 21.2 Å². The van der Waals surface area contributed by atoms with Crippen molar-refractivity contribution in [2.75, 3.05) is 5.32 Å². The molecular weight excluding hydrogens is 354 g/mol. The van der Waals surface area contributed by atoms with Crippen LogP contribution in [0, 0.1) is 6.92 Å². The van der Waals surface area contributed by atoms with E-state index in [1.807, 2.05) is 19.1 Å². The summed E-state index contributed by atoms with van der Waals surface area (Å²) in [5.41, 5.74) is 3.47. The number of fused-ring (bicyclic) bond motifs is 1. The first kappa shape index (κ1) is 14.3. The SMILES string of the molecule is Cc1cc(Br)cc(C(=O)c2cc3c(cc2Cl)NC(=O)C3)c1. The number of hydrogen-bond acceptors (Lipinski definition) is 2. The van der Waals surface area contributed by atoms with E-state index in [9.17, 15) is 9.59 Å². The number of benzene rings is 2. The summed E-state index contributed by atoms with van der Waals surface area (Å²) in [6.07, 6.45) is 0.282. The van der Waals surface area contributed by atoms with Crippen LogP contribution in [0.15, 0.2) is 34.8 Å². The van der Waals surface area contributed by atoms with Gasteiger partial charge in [-0.2, -0.15) is 0 Å². The fourth-order valence-electron chi connectivity index (χ4n) is 2.45. The number of ketones is 1. The van der Waals surface area contributed by atoms with Crippen molar-refractivity contribution in [1.82, 2.24) is 0 Å². The lowest BCUT2D eigenvalue weighted by Gasteiger charge is -2.08. The summed E-state index contributed by atoms with van der Waals surface area (Å²) in [6, 6.07) is 8.86. The number of halogens is 2. The van der Waals surface area contributed by atoms with Gasteiger partial charge in [-0.25, -0.2) is 0 Å². The van der Waals surface area contributed by atoms with Crippen molar-refractivity contribution < 1.29 is 9.59 Å². The van der Waals surface area contributed by atoms with Crippen LogP contribution >= 0.6 is 27.5 Å². The first-order valence-electron chi connectivity index (χ1n) is 6.38. The highest BCUT2D eigenvalue weighted by atomic mass is 79.9. The molecular formula is C16H11BrClNO2. The lowest BCUT2D eigenvalue weighted by Crippen LogP contribution is -2.04. The number of amides is 1. The predicted molar refractivity (Wildman–Crippen MR) is 86.1 cm³/mol.